The highest BCUT2D eigenvalue weighted by Crippen LogP contribution is 2.56. The lowest BCUT2D eigenvalue weighted by Crippen LogP contribution is -3.00. The maximum absolute atomic E-state index is 6.86. The van der Waals surface area contributed by atoms with E-state index in [1.165, 1.54) is 0 Å². The van der Waals surface area contributed by atoms with Gasteiger partial charge in [0.2, 0.25) is 0 Å². The van der Waals surface area contributed by atoms with Gasteiger partial charge in [-0.05, 0) is 84.9 Å². The Labute approximate surface area is 198 Å². The Bertz CT molecular complexity index is 972. The maximum Gasteiger partial charge on any atom is 0.287 e. The van der Waals surface area contributed by atoms with Crippen LogP contribution in [0.3, 0.4) is 0 Å². The van der Waals surface area contributed by atoms with Crippen molar-refractivity contribution in [2.24, 2.45) is 0 Å². The fourth-order valence-electron chi connectivity index (χ4n) is 3.20. The van der Waals surface area contributed by atoms with Gasteiger partial charge < -0.3 is 16.9 Å². The van der Waals surface area contributed by atoms with Crippen molar-refractivity contribution in [2.75, 3.05) is 0 Å². The molecule has 0 aliphatic carbocycles. The van der Waals surface area contributed by atoms with E-state index in [0.29, 0.717) is 15.1 Å². The van der Waals surface area contributed by atoms with E-state index in [4.69, 9.17) is 39.3 Å². The van der Waals surface area contributed by atoms with Crippen LogP contribution in [-0.4, -0.2) is 0 Å². The number of para-hydroxylation sites is 1. The highest BCUT2D eigenvalue weighted by molar-refractivity contribution is 7.92. The van der Waals surface area contributed by atoms with Crippen LogP contribution in [0.5, 0.6) is 5.75 Å². The SMILES string of the molecule is Clc1ccc([P+](Oc2ccccc2)(c2ccc(Cl)cc2)c2ccc(Cl)cc2)cc1.[Cl-]. The van der Waals surface area contributed by atoms with E-state index in [1.54, 1.807) is 0 Å². The summed E-state index contributed by atoms with van der Waals surface area (Å²) in [6, 6.07) is 33.4. The van der Waals surface area contributed by atoms with Crippen LogP contribution in [0.1, 0.15) is 0 Å². The van der Waals surface area contributed by atoms with Crippen molar-refractivity contribution in [1.29, 1.82) is 0 Å². The maximum atomic E-state index is 6.86. The first-order valence-electron chi connectivity index (χ1n) is 9.00. The lowest BCUT2D eigenvalue weighted by Gasteiger charge is -2.26. The summed E-state index contributed by atoms with van der Waals surface area (Å²) in [5.41, 5.74) is 0. The molecule has 6 heteroatoms. The second-order valence-corrected chi connectivity index (χ2v) is 10.7. The number of halogens is 4. The second kappa shape index (κ2) is 10.1. The summed E-state index contributed by atoms with van der Waals surface area (Å²) in [6.07, 6.45) is 0. The molecule has 0 bridgehead atoms. The third-order valence-electron chi connectivity index (χ3n) is 4.56. The minimum atomic E-state index is -2.51. The van der Waals surface area contributed by atoms with Crippen LogP contribution in [0, 0.1) is 0 Å². The Kier molecular flexibility index (Phi) is 7.69. The quantitative estimate of drug-likeness (QED) is 0.383. The Morgan fingerprint density at radius 3 is 1.13 bits per heavy atom. The summed E-state index contributed by atoms with van der Waals surface area (Å²) in [5, 5.41) is 5.19. The summed E-state index contributed by atoms with van der Waals surface area (Å²) < 4.78 is 6.86. The Balaban J connectivity index is 0.00000256. The third-order valence-corrected chi connectivity index (χ3v) is 8.87. The fourth-order valence-corrected chi connectivity index (χ4v) is 6.93. The Morgan fingerprint density at radius 2 is 0.800 bits per heavy atom. The standard InChI is InChI=1S/C24H17Cl3OP.ClH/c25-18-6-12-22(13-7-18)29(23-14-8-19(26)9-15-23,24-16-10-20(27)11-17-24)28-21-4-2-1-3-5-21;/h1-17H;1H/q+1;/p-1. The molecule has 4 aromatic carbocycles. The van der Waals surface area contributed by atoms with E-state index in [0.717, 1.165) is 21.7 Å². The molecule has 4 rings (SSSR count). The van der Waals surface area contributed by atoms with Crippen molar-refractivity contribution in [3.63, 3.8) is 0 Å². The highest BCUT2D eigenvalue weighted by atomic mass is 35.5. The predicted molar refractivity (Wildman–Crippen MR) is 127 cm³/mol. The molecule has 0 saturated heterocycles. The normalized spacial score (nSPS) is 10.9. The molecule has 0 aromatic heterocycles. The molecule has 0 aliphatic rings. The topological polar surface area (TPSA) is 9.23 Å². The fraction of sp³-hybridized carbons (Fsp3) is 0. The lowest BCUT2D eigenvalue weighted by atomic mass is 10.3. The number of rotatable bonds is 5. The molecule has 152 valence electrons. The van der Waals surface area contributed by atoms with Crippen molar-refractivity contribution in [3.05, 3.63) is 118 Å². The van der Waals surface area contributed by atoms with E-state index in [1.807, 2.05) is 103 Å². The van der Waals surface area contributed by atoms with E-state index >= 15 is 0 Å². The zero-order chi connectivity index (χ0) is 20.3. The average Bonchev–Trinajstić information content (AvgIpc) is 2.75. The van der Waals surface area contributed by atoms with Gasteiger partial charge in [0.15, 0.2) is 5.75 Å². The number of hydrogen-bond acceptors (Lipinski definition) is 1. The zero-order valence-electron chi connectivity index (χ0n) is 15.7. The van der Waals surface area contributed by atoms with Crippen molar-refractivity contribution < 1.29 is 16.9 Å². The van der Waals surface area contributed by atoms with Crippen molar-refractivity contribution in [3.8, 4) is 5.75 Å². The summed E-state index contributed by atoms with van der Waals surface area (Å²) in [6.45, 7) is 0. The predicted octanol–water partition coefficient (Wildman–Crippen LogP) is 3.94. The van der Waals surface area contributed by atoms with Gasteiger partial charge in [0.1, 0.15) is 15.9 Å². The van der Waals surface area contributed by atoms with Crippen LogP contribution >= 0.6 is 42.3 Å². The molecule has 1 nitrogen and oxygen atoms in total. The van der Waals surface area contributed by atoms with Crippen molar-refractivity contribution in [2.45, 2.75) is 0 Å². The molecule has 0 spiro atoms. The van der Waals surface area contributed by atoms with Gasteiger partial charge in [-0.1, -0.05) is 53.0 Å². The first-order chi connectivity index (χ1) is 14.1. The molecule has 30 heavy (non-hydrogen) atoms. The van der Waals surface area contributed by atoms with E-state index in [-0.39, 0.29) is 12.4 Å². The Hall–Kier alpha value is -1.73. The van der Waals surface area contributed by atoms with E-state index in [2.05, 4.69) is 0 Å². The molecule has 0 heterocycles. The minimum Gasteiger partial charge on any atom is -1.00 e. The monoisotopic (exact) mass is 492 g/mol. The molecule has 0 unspecified atom stereocenters. The molecule has 0 fully saturated rings. The summed E-state index contributed by atoms with van der Waals surface area (Å²) in [4.78, 5) is 0. The summed E-state index contributed by atoms with van der Waals surface area (Å²) >= 11 is 18.6. The van der Waals surface area contributed by atoms with E-state index in [9.17, 15) is 0 Å². The van der Waals surface area contributed by atoms with Crippen LogP contribution in [0.2, 0.25) is 15.1 Å². The highest BCUT2D eigenvalue weighted by Gasteiger charge is 2.49. The van der Waals surface area contributed by atoms with Gasteiger partial charge in [-0.25, -0.2) is 0 Å². The van der Waals surface area contributed by atoms with Gasteiger partial charge in [0, 0.05) is 15.1 Å². The van der Waals surface area contributed by atoms with Gasteiger partial charge in [0.25, 0.3) is 7.49 Å². The molecule has 0 amide bonds. The molecular weight excluding hydrogens is 477 g/mol. The second-order valence-electron chi connectivity index (χ2n) is 6.44. The minimum absolute atomic E-state index is 0. The molecule has 0 atom stereocenters. The Morgan fingerprint density at radius 1 is 0.467 bits per heavy atom. The van der Waals surface area contributed by atoms with Gasteiger partial charge >= 0.3 is 0 Å². The molecule has 0 N–H and O–H groups in total. The molecule has 4 aromatic rings. The zero-order valence-corrected chi connectivity index (χ0v) is 19.6. The first kappa shape index (κ1) is 22.9. The molecule has 0 saturated carbocycles. The van der Waals surface area contributed by atoms with Gasteiger partial charge in [-0.2, -0.15) is 0 Å². The van der Waals surface area contributed by atoms with Crippen LogP contribution < -0.4 is 32.8 Å². The third kappa shape index (κ3) is 4.78. The van der Waals surface area contributed by atoms with Crippen LogP contribution in [-0.2, 0) is 0 Å². The molecule has 0 aliphatic heterocycles. The molecular formula is C24H17Cl4OP. The van der Waals surface area contributed by atoms with Crippen LogP contribution in [0.25, 0.3) is 0 Å². The van der Waals surface area contributed by atoms with Gasteiger partial charge in [-0.15, -0.1) is 0 Å². The van der Waals surface area contributed by atoms with Crippen molar-refractivity contribution in [1.82, 2.24) is 0 Å². The smallest absolute Gasteiger partial charge is 0.287 e. The van der Waals surface area contributed by atoms with Crippen LogP contribution in [0.15, 0.2) is 103 Å². The molecule has 0 radical (unpaired) electrons. The lowest BCUT2D eigenvalue weighted by molar-refractivity contribution is -0.00000584. The van der Waals surface area contributed by atoms with Gasteiger partial charge in [0.05, 0.1) is 0 Å². The average molecular weight is 494 g/mol. The van der Waals surface area contributed by atoms with Crippen LogP contribution in [0.4, 0.5) is 0 Å². The summed E-state index contributed by atoms with van der Waals surface area (Å²) in [7, 11) is -2.51. The number of hydrogen-bond donors (Lipinski definition) is 0. The van der Waals surface area contributed by atoms with E-state index < -0.39 is 7.49 Å². The van der Waals surface area contributed by atoms with Crippen molar-refractivity contribution >= 4 is 58.2 Å². The first-order valence-corrected chi connectivity index (χ1v) is 11.8. The largest absolute Gasteiger partial charge is 1.00 e. The summed E-state index contributed by atoms with van der Waals surface area (Å²) in [5.74, 6) is 0.792. The van der Waals surface area contributed by atoms with Gasteiger partial charge in [-0.3, -0.25) is 0 Å². The number of benzene rings is 4.